The summed E-state index contributed by atoms with van der Waals surface area (Å²) in [6.07, 6.45) is 0. The normalized spacial score (nSPS) is 16.7. The predicted molar refractivity (Wildman–Crippen MR) is 41.4 cm³/mol. The molecule has 1 rings (SSSR count). The van der Waals surface area contributed by atoms with Crippen LogP contribution < -0.4 is 0 Å². The maximum absolute atomic E-state index is 10.9. The molecule has 0 unspecified atom stereocenters. The zero-order valence-corrected chi connectivity index (χ0v) is 6.61. The third kappa shape index (κ3) is 1.73. The summed E-state index contributed by atoms with van der Waals surface area (Å²) in [4.78, 5) is 14.8. The van der Waals surface area contributed by atoms with Gasteiger partial charge in [0.1, 0.15) is 0 Å². The number of hydrogen-bond donors (Lipinski definition) is 0. The molecule has 0 saturated carbocycles. The molecular formula is C6H9NO2S. The molecule has 1 aliphatic heterocycles. The average Bonchev–Trinajstić information content (AvgIpc) is 2.38. The molecule has 0 amide bonds. The third-order valence-electron chi connectivity index (χ3n) is 1.04. The molecule has 0 aromatic rings. The van der Waals surface area contributed by atoms with E-state index in [2.05, 4.69) is 4.99 Å². The fourth-order valence-corrected chi connectivity index (χ4v) is 1.39. The Labute approximate surface area is 63.9 Å². The van der Waals surface area contributed by atoms with Crippen molar-refractivity contribution in [2.24, 2.45) is 4.99 Å². The van der Waals surface area contributed by atoms with Gasteiger partial charge in [-0.25, -0.2) is 4.79 Å². The molecule has 1 heterocycles. The standard InChI is InChI=1S/C6H9NO2S/c1-2-9-6(8)5-7-3-4-10-5/h2-4H2,1H3. The Morgan fingerprint density at radius 3 is 3.20 bits per heavy atom. The summed E-state index contributed by atoms with van der Waals surface area (Å²) in [5, 5.41) is 0.529. The Morgan fingerprint density at radius 1 is 1.90 bits per heavy atom. The van der Waals surface area contributed by atoms with Gasteiger partial charge in [-0.3, -0.25) is 4.99 Å². The van der Waals surface area contributed by atoms with Crippen molar-refractivity contribution in [3.63, 3.8) is 0 Å². The second-order valence-electron chi connectivity index (χ2n) is 1.76. The van der Waals surface area contributed by atoms with Gasteiger partial charge in [0.2, 0.25) is 0 Å². The van der Waals surface area contributed by atoms with Crippen LogP contribution in [0.4, 0.5) is 0 Å². The van der Waals surface area contributed by atoms with Crippen molar-refractivity contribution < 1.29 is 9.53 Å². The minimum absolute atomic E-state index is 0.273. The lowest BCUT2D eigenvalue weighted by Gasteiger charge is -1.97. The van der Waals surface area contributed by atoms with Gasteiger partial charge in [0.05, 0.1) is 6.61 Å². The third-order valence-corrected chi connectivity index (χ3v) is 1.99. The Hall–Kier alpha value is -0.510. The molecule has 0 aromatic heterocycles. The van der Waals surface area contributed by atoms with Crippen molar-refractivity contribution in [1.82, 2.24) is 0 Å². The number of rotatable bonds is 2. The van der Waals surface area contributed by atoms with Crippen LogP contribution in [0.25, 0.3) is 0 Å². The van der Waals surface area contributed by atoms with Crippen LogP contribution in [0.3, 0.4) is 0 Å². The van der Waals surface area contributed by atoms with Crippen LogP contribution in [0.2, 0.25) is 0 Å². The van der Waals surface area contributed by atoms with Gasteiger partial charge in [0, 0.05) is 12.3 Å². The predicted octanol–water partition coefficient (Wildman–Crippen LogP) is 0.695. The molecule has 4 heteroatoms. The number of aliphatic imine (C=N–C) groups is 1. The molecule has 0 bridgehead atoms. The zero-order valence-electron chi connectivity index (χ0n) is 5.79. The molecule has 3 nitrogen and oxygen atoms in total. The van der Waals surface area contributed by atoms with Crippen LogP contribution in [0.5, 0.6) is 0 Å². The van der Waals surface area contributed by atoms with Crippen LogP contribution in [-0.4, -0.2) is 29.9 Å². The van der Waals surface area contributed by atoms with E-state index < -0.39 is 0 Å². The summed E-state index contributed by atoms with van der Waals surface area (Å²) in [7, 11) is 0. The van der Waals surface area contributed by atoms with Crippen molar-refractivity contribution in [3.05, 3.63) is 0 Å². The topological polar surface area (TPSA) is 38.7 Å². The SMILES string of the molecule is CCOC(=O)C1=NCCS1. The van der Waals surface area contributed by atoms with E-state index in [0.717, 1.165) is 12.3 Å². The number of hydrogen-bond acceptors (Lipinski definition) is 4. The minimum atomic E-state index is -0.273. The van der Waals surface area contributed by atoms with Crippen molar-refractivity contribution in [1.29, 1.82) is 0 Å². The molecule has 0 spiro atoms. The molecule has 0 aliphatic carbocycles. The van der Waals surface area contributed by atoms with E-state index in [4.69, 9.17) is 4.74 Å². The van der Waals surface area contributed by atoms with Gasteiger partial charge in [-0.15, -0.1) is 0 Å². The van der Waals surface area contributed by atoms with Crippen LogP contribution in [0, 0.1) is 0 Å². The van der Waals surface area contributed by atoms with Crippen molar-refractivity contribution >= 4 is 22.8 Å². The summed E-state index contributed by atoms with van der Waals surface area (Å²) in [6.45, 7) is 2.97. The van der Waals surface area contributed by atoms with E-state index in [1.54, 1.807) is 6.92 Å². The smallest absolute Gasteiger partial charge is 0.363 e. The van der Waals surface area contributed by atoms with Crippen molar-refractivity contribution in [2.45, 2.75) is 6.92 Å². The molecule has 0 fully saturated rings. The number of ether oxygens (including phenoxy) is 1. The molecule has 0 radical (unpaired) electrons. The zero-order chi connectivity index (χ0) is 7.40. The lowest BCUT2D eigenvalue weighted by molar-refractivity contribution is -0.134. The van der Waals surface area contributed by atoms with E-state index in [-0.39, 0.29) is 5.97 Å². The summed E-state index contributed by atoms with van der Waals surface area (Å²) in [5.41, 5.74) is 0. The molecule has 0 N–H and O–H groups in total. The summed E-state index contributed by atoms with van der Waals surface area (Å²) in [6, 6.07) is 0. The van der Waals surface area contributed by atoms with E-state index in [1.807, 2.05) is 0 Å². The Kier molecular flexibility index (Phi) is 2.74. The molecule has 0 aromatic carbocycles. The highest BCUT2D eigenvalue weighted by Gasteiger charge is 2.16. The first-order chi connectivity index (χ1) is 4.84. The second kappa shape index (κ2) is 3.61. The quantitative estimate of drug-likeness (QED) is 0.556. The van der Waals surface area contributed by atoms with Gasteiger partial charge in [-0.2, -0.15) is 0 Å². The fourth-order valence-electron chi connectivity index (χ4n) is 0.651. The van der Waals surface area contributed by atoms with Crippen LogP contribution >= 0.6 is 11.8 Å². The number of esters is 1. The van der Waals surface area contributed by atoms with E-state index in [0.29, 0.717) is 11.7 Å². The second-order valence-corrected chi connectivity index (χ2v) is 2.84. The molecule has 56 valence electrons. The molecular weight excluding hydrogens is 150 g/mol. The van der Waals surface area contributed by atoms with E-state index in [1.165, 1.54) is 11.8 Å². The largest absolute Gasteiger partial charge is 0.461 e. The van der Waals surface area contributed by atoms with Gasteiger partial charge >= 0.3 is 5.97 Å². The van der Waals surface area contributed by atoms with E-state index >= 15 is 0 Å². The van der Waals surface area contributed by atoms with Gasteiger partial charge in [-0.1, -0.05) is 11.8 Å². The average molecular weight is 159 g/mol. The van der Waals surface area contributed by atoms with Crippen LogP contribution in [0.15, 0.2) is 4.99 Å². The maximum atomic E-state index is 10.9. The highest BCUT2D eigenvalue weighted by atomic mass is 32.2. The number of carbonyl (C=O) groups excluding carboxylic acids is 1. The monoisotopic (exact) mass is 159 g/mol. The van der Waals surface area contributed by atoms with Crippen LogP contribution in [-0.2, 0) is 9.53 Å². The van der Waals surface area contributed by atoms with E-state index in [9.17, 15) is 4.79 Å². The highest BCUT2D eigenvalue weighted by molar-refractivity contribution is 8.16. The molecule has 0 saturated heterocycles. The molecule has 1 aliphatic rings. The van der Waals surface area contributed by atoms with Gasteiger partial charge in [0.25, 0.3) is 0 Å². The van der Waals surface area contributed by atoms with Gasteiger partial charge < -0.3 is 4.74 Å². The van der Waals surface area contributed by atoms with Crippen molar-refractivity contribution in [2.75, 3.05) is 18.9 Å². The Bertz CT molecular complexity index is 167. The first kappa shape index (κ1) is 7.60. The summed E-state index contributed by atoms with van der Waals surface area (Å²) < 4.78 is 4.74. The van der Waals surface area contributed by atoms with Crippen LogP contribution in [0.1, 0.15) is 6.92 Å². The lowest BCUT2D eigenvalue weighted by Crippen LogP contribution is -2.12. The summed E-state index contributed by atoms with van der Waals surface area (Å²) >= 11 is 1.47. The van der Waals surface area contributed by atoms with Crippen molar-refractivity contribution in [3.8, 4) is 0 Å². The van der Waals surface area contributed by atoms with Gasteiger partial charge in [0.15, 0.2) is 5.04 Å². The summed E-state index contributed by atoms with van der Waals surface area (Å²) in [5.74, 6) is 0.638. The number of carbonyl (C=O) groups is 1. The molecule has 10 heavy (non-hydrogen) atoms. The first-order valence-corrected chi connectivity index (χ1v) is 4.17. The lowest BCUT2D eigenvalue weighted by atomic mass is 10.7. The number of nitrogens with zero attached hydrogens (tertiary/aromatic N) is 1. The number of thioether (sulfide) groups is 1. The Morgan fingerprint density at radius 2 is 2.70 bits per heavy atom. The first-order valence-electron chi connectivity index (χ1n) is 3.19. The highest BCUT2D eigenvalue weighted by Crippen LogP contribution is 2.12. The minimum Gasteiger partial charge on any atom is -0.461 e. The van der Waals surface area contributed by atoms with Gasteiger partial charge in [-0.05, 0) is 6.92 Å². The maximum Gasteiger partial charge on any atom is 0.363 e. The fraction of sp³-hybridized carbons (Fsp3) is 0.667. The molecule has 0 atom stereocenters. The Balaban J connectivity index is 2.40.